The molecule has 0 bridgehead atoms. The fourth-order valence-corrected chi connectivity index (χ4v) is 3.11. The minimum Gasteiger partial charge on any atom is -0.361 e. The number of carbonyl (C=O) groups excluding carboxylic acids is 1. The van der Waals surface area contributed by atoms with E-state index >= 15 is 0 Å². The van der Waals surface area contributed by atoms with E-state index in [2.05, 4.69) is 22.0 Å². The topological polar surface area (TPSA) is 62.5 Å². The second kappa shape index (κ2) is 6.26. The first-order valence-corrected chi connectivity index (χ1v) is 8.05. The van der Waals surface area contributed by atoms with Gasteiger partial charge in [-0.1, -0.05) is 12.1 Å². The maximum atomic E-state index is 12.4. The van der Waals surface area contributed by atoms with Gasteiger partial charge in [-0.2, -0.15) is 0 Å². The number of thiazole rings is 1. The number of aromatic nitrogens is 2. The van der Waals surface area contributed by atoms with E-state index in [0.29, 0.717) is 18.8 Å². The molecule has 0 atom stereocenters. The van der Waals surface area contributed by atoms with Gasteiger partial charge in [-0.3, -0.25) is 4.79 Å². The maximum Gasteiger partial charge on any atom is 0.276 e. The molecule has 0 aliphatic carbocycles. The number of anilines is 1. The SMILES string of the molecule is CCCc1cc(C(=O)N2CCN(c3nccs3)CC2)no1. The summed E-state index contributed by atoms with van der Waals surface area (Å²) in [4.78, 5) is 20.7. The molecule has 0 saturated carbocycles. The summed E-state index contributed by atoms with van der Waals surface area (Å²) in [6, 6.07) is 1.76. The van der Waals surface area contributed by atoms with Crippen LogP contribution in [-0.2, 0) is 6.42 Å². The van der Waals surface area contributed by atoms with Crippen molar-refractivity contribution in [2.24, 2.45) is 0 Å². The Balaban J connectivity index is 1.59. The van der Waals surface area contributed by atoms with Crippen LogP contribution in [0.25, 0.3) is 0 Å². The molecule has 0 aromatic carbocycles. The molecule has 21 heavy (non-hydrogen) atoms. The summed E-state index contributed by atoms with van der Waals surface area (Å²) in [5.74, 6) is 0.738. The van der Waals surface area contributed by atoms with Crippen LogP contribution in [-0.4, -0.2) is 47.1 Å². The Morgan fingerprint density at radius 2 is 2.19 bits per heavy atom. The van der Waals surface area contributed by atoms with Crippen LogP contribution in [0.3, 0.4) is 0 Å². The van der Waals surface area contributed by atoms with E-state index in [1.807, 2.05) is 16.5 Å². The monoisotopic (exact) mass is 306 g/mol. The van der Waals surface area contributed by atoms with E-state index in [9.17, 15) is 4.79 Å². The van der Waals surface area contributed by atoms with E-state index in [1.54, 1.807) is 17.4 Å². The summed E-state index contributed by atoms with van der Waals surface area (Å²) in [5, 5.41) is 6.88. The van der Waals surface area contributed by atoms with Crippen molar-refractivity contribution < 1.29 is 9.32 Å². The van der Waals surface area contributed by atoms with Gasteiger partial charge in [-0.05, 0) is 6.42 Å². The molecule has 1 amide bonds. The standard InChI is InChI=1S/C14H18N4O2S/c1-2-3-11-10-12(16-20-11)13(19)17-5-7-18(8-6-17)14-15-4-9-21-14/h4,9-10H,2-3,5-8H2,1H3. The highest BCUT2D eigenvalue weighted by Crippen LogP contribution is 2.19. The molecule has 3 rings (SSSR count). The molecule has 1 aliphatic rings. The van der Waals surface area contributed by atoms with Crippen LogP contribution in [0.2, 0.25) is 0 Å². The van der Waals surface area contributed by atoms with Crippen molar-refractivity contribution in [3.8, 4) is 0 Å². The fourth-order valence-electron chi connectivity index (χ4n) is 2.41. The van der Waals surface area contributed by atoms with Gasteiger partial charge in [0.2, 0.25) is 0 Å². The largest absolute Gasteiger partial charge is 0.361 e. The van der Waals surface area contributed by atoms with Gasteiger partial charge in [0.1, 0.15) is 5.76 Å². The average molecular weight is 306 g/mol. The molecule has 1 aliphatic heterocycles. The smallest absolute Gasteiger partial charge is 0.276 e. The van der Waals surface area contributed by atoms with Gasteiger partial charge in [-0.15, -0.1) is 11.3 Å². The van der Waals surface area contributed by atoms with Crippen LogP contribution in [0.1, 0.15) is 29.6 Å². The van der Waals surface area contributed by atoms with Crippen LogP contribution < -0.4 is 4.90 Å². The molecular formula is C14H18N4O2S. The summed E-state index contributed by atoms with van der Waals surface area (Å²) >= 11 is 1.63. The third kappa shape index (κ3) is 3.07. The Labute approximate surface area is 127 Å². The highest BCUT2D eigenvalue weighted by molar-refractivity contribution is 7.13. The zero-order valence-electron chi connectivity index (χ0n) is 12.0. The molecule has 0 radical (unpaired) electrons. The molecule has 3 heterocycles. The molecule has 0 unspecified atom stereocenters. The zero-order valence-corrected chi connectivity index (χ0v) is 12.8. The minimum atomic E-state index is -0.0418. The molecule has 2 aromatic heterocycles. The highest BCUT2D eigenvalue weighted by atomic mass is 32.1. The van der Waals surface area contributed by atoms with Gasteiger partial charge in [0, 0.05) is 50.2 Å². The lowest BCUT2D eigenvalue weighted by molar-refractivity contribution is 0.0736. The number of aryl methyl sites for hydroxylation is 1. The number of rotatable bonds is 4. The van der Waals surface area contributed by atoms with Crippen LogP contribution in [0.5, 0.6) is 0 Å². The Hall–Kier alpha value is -1.89. The molecule has 1 fully saturated rings. The van der Waals surface area contributed by atoms with Gasteiger partial charge in [0.15, 0.2) is 10.8 Å². The van der Waals surface area contributed by atoms with Crippen molar-refractivity contribution in [1.82, 2.24) is 15.0 Å². The van der Waals surface area contributed by atoms with Crippen molar-refractivity contribution in [3.63, 3.8) is 0 Å². The van der Waals surface area contributed by atoms with Gasteiger partial charge in [-0.25, -0.2) is 4.98 Å². The lowest BCUT2D eigenvalue weighted by atomic mass is 10.2. The van der Waals surface area contributed by atoms with Gasteiger partial charge < -0.3 is 14.3 Å². The quantitative estimate of drug-likeness (QED) is 0.865. The van der Waals surface area contributed by atoms with Crippen molar-refractivity contribution in [2.75, 3.05) is 31.1 Å². The fraction of sp³-hybridized carbons (Fsp3) is 0.500. The summed E-state index contributed by atoms with van der Waals surface area (Å²) in [7, 11) is 0. The summed E-state index contributed by atoms with van der Waals surface area (Å²) in [6.45, 7) is 5.06. The number of nitrogens with zero attached hydrogens (tertiary/aromatic N) is 4. The summed E-state index contributed by atoms with van der Waals surface area (Å²) in [5.41, 5.74) is 0.418. The van der Waals surface area contributed by atoms with Crippen molar-refractivity contribution >= 4 is 22.4 Å². The van der Waals surface area contributed by atoms with Crippen LogP contribution in [0.15, 0.2) is 22.2 Å². The summed E-state index contributed by atoms with van der Waals surface area (Å²) in [6.07, 6.45) is 3.61. The number of hydrogen-bond acceptors (Lipinski definition) is 6. The number of piperazine rings is 1. The Morgan fingerprint density at radius 3 is 2.86 bits per heavy atom. The zero-order chi connectivity index (χ0) is 14.7. The molecule has 7 heteroatoms. The normalized spacial score (nSPS) is 15.5. The first-order chi connectivity index (χ1) is 10.3. The molecule has 2 aromatic rings. The summed E-state index contributed by atoms with van der Waals surface area (Å²) < 4.78 is 5.18. The average Bonchev–Trinajstić information content (AvgIpc) is 3.19. The van der Waals surface area contributed by atoms with Crippen molar-refractivity contribution in [2.45, 2.75) is 19.8 Å². The van der Waals surface area contributed by atoms with Gasteiger partial charge in [0.05, 0.1) is 0 Å². The first kappa shape index (κ1) is 14.1. The highest BCUT2D eigenvalue weighted by Gasteiger charge is 2.25. The molecular weight excluding hydrogens is 288 g/mol. The number of carbonyl (C=O) groups is 1. The lowest BCUT2D eigenvalue weighted by Gasteiger charge is -2.34. The molecule has 0 spiro atoms. The van der Waals surface area contributed by atoms with Gasteiger partial charge in [0.25, 0.3) is 5.91 Å². The van der Waals surface area contributed by atoms with E-state index in [0.717, 1.165) is 36.8 Å². The van der Waals surface area contributed by atoms with E-state index in [1.165, 1.54) is 0 Å². The van der Waals surface area contributed by atoms with E-state index < -0.39 is 0 Å². The third-order valence-corrected chi connectivity index (χ3v) is 4.36. The second-order valence-electron chi connectivity index (χ2n) is 5.02. The number of hydrogen-bond donors (Lipinski definition) is 0. The minimum absolute atomic E-state index is 0.0418. The Kier molecular flexibility index (Phi) is 4.19. The molecule has 1 saturated heterocycles. The molecule has 0 N–H and O–H groups in total. The third-order valence-electron chi connectivity index (χ3n) is 3.53. The van der Waals surface area contributed by atoms with E-state index in [4.69, 9.17) is 4.52 Å². The maximum absolute atomic E-state index is 12.4. The first-order valence-electron chi connectivity index (χ1n) is 7.17. The van der Waals surface area contributed by atoms with Crippen molar-refractivity contribution in [3.05, 3.63) is 29.1 Å². The Bertz CT molecular complexity index is 588. The predicted octanol–water partition coefficient (Wildman–Crippen LogP) is 2.05. The van der Waals surface area contributed by atoms with Gasteiger partial charge >= 0.3 is 0 Å². The lowest BCUT2D eigenvalue weighted by Crippen LogP contribution is -2.48. The van der Waals surface area contributed by atoms with Crippen LogP contribution >= 0.6 is 11.3 Å². The molecule has 112 valence electrons. The number of amides is 1. The molecule has 6 nitrogen and oxygen atoms in total. The predicted molar refractivity (Wildman–Crippen MR) is 80.7 cm³/mol. The van der Waals surface area contributed by atoms with Crippen LogP contribution in [0, 0.1) is 0 Å². The van der Waals surface area contributed by atoms with Crippen LogP contribution in [0.4, 0.5) is 5.13 Å². The van der Waals surface area contributed by atoms with Crippen molar-refractivity contribution in [1.29, 1.82) is 0 Å². The Morgan fingerprint density at radius 1 is 1.38 bits per heavy atom. The van der Waals surface area contributed by atoms with E-state index in [-0.39, 0.29) is 5.91 Å². The second-order valence-corrected chi connectivity index (χ2v) is 5.90.